The molecule has 0 unspecified atom stereocenters. The molecular formula is C18H18ClN5O2. The Kier molecular flexibility index (Phi) is 5.48. The Morgan fingerprint density at radius 2 is 2.15 bits per heavy atom. The van der Waals surface area contributed by atoms with E-state index in [0.29, 0.717) is 29.7 Å². The minimum atomic E-state index is -0.300. The zero-order valence-corrected chi connectivity index (χ0v) is 15.2. The number of carbonyl (C=O) groups is 1. The molecule has 3 aromatic rings. The predicted molar refractivity (Wildman–Crippen MR) is 97.7 cm³/mol. The molecular weight excluding hydrogens is 354 g/mol. The maximum absolute atomic E-state index is 12.5. The summed E-state index contributed by atoms with van der Waals surface area (Å²) in [5.41, 5.74) is 2.53. The van der Waals surface area contributed by atoms with E-state index in [1.807, 2.05) is 25.1 Å². The molecule has 1 N–H and O–H groups in total. The van der Waals surface area contributed by atoms with Crippen molar-refractivity contribution >= 4 is 17.5 Å². The van der Waals surface area contributed by atoms with Gasteiger partial charge in [-0.3, -0.25) is 4.79 Å². The molecule has 0 spiro atoms. The second-order valence-corrected chi connectivity index (χ2v) is 5.97. The Balaban J connectivity index is 1.72. The van der Waals surface area contributed by atoms with E-state index >= 15 is 0 Å². The number of aromatic nitrogens is 4. The summed E-state index contributed by atoms with van der Waals surface area (Å²) < 4.78 is 6.94. The first-order valence-corrected chi connectivity index (χ1v) is 8.50. The fraction of sp³-hybridized carbons (Fsp3) is 0.222. The summed E-state index contributed by atoms with van der Waals surface area (Å²) in [6.07, 6.45) is 1.65. The number of rotatable bonds is 6. The highest BCUT2D eigenvalue weighted by atomic mass is 35.5. The number of hydrogen-bond acceptors (Lipinski definition) is 5. The predicted octanol–water partition coefficient (Wildman–Crippen LogP) is 2.95. The van der Waals surface area contributed by atoms with Crippen LogP contribution in [-0.2, 0) is 6.54 Å². The number of amides is 1. The summed E-state index contributed by atoms with van der Waals surface area (Å²) in [5, 5.41) is 11.5. The molecule has 0 saturated carbocycles. The summed E-state index contributed by atoms with van der Waals surface area (Å²) in [4.78, 5) is 16.6. The van der Waals surface area contributed by atoms with E-state index in [1.165, 1.54) is 0 Å². The Morgan fingerprint density at radius 3 is 2.92 bits per heavy atom. The van der Waals surface area contributed by atoms with Gasteiger partial charge in [0.25, 0.3) is 5.91 Å². The average molecular weight is 372 g/mol. The first kappa shape index (κ1) is 17.9. The second-order valence-electron chi connectivity index (χ2n) is 5.53. The lowest BCUT2D eigenvalue weighted by molar-refractivity contribution is 0.0945. The smallest absolute Gasteiger partial charge is 0.274 e. The van der Waals surface area contributed by atoms with Crippen LogP contribution in [-0.4, -0.2) is 32.5 Å². The molecule has 0 saturated heterocycles. The van der Waals surface area contributed by atoms with Crippen molar-refractivity contribution in [2.24, 2.45) is 0 Å². The number of nitrogens with one attached hydrogen (secondary N) is 1. The van der Waals surface area contributed by atoms with Crippen molar-refractivity contribution in [3.05, 3.63) is 64.6 Å². The number of benzene rings is 1. The number of carbonyl (C=O) groups excluding carboxylic acids is 1. The van der Waals surface area contributed by atoms with Crippen LogP contribution in [0.1, 0.15) is 28.7 Å². The fourth-order valence-electron chi connectivity index (χ4n) is 2.45. The van der Waals surface area contributed by atoms with Crippen LogP contribution in [0.4, 0.5) is 0 Å². The van der Waals surface area contributed by atoms with Crippen molar-refractivity contribution in [2.45, 2.75) is 20.4 Å². The van der Waals surface area contributed by atoms with Crippen molar-refractivity contribution in [2.75, 3.05) is 6.61 Å². The van der Waals surface area contributed by atoms with Gasteiger partial charge in [0.2, 0.25) is 5.88 Å². The Hall–Kier alpha value is -2.93. The van der Waals surface area contributed by atoms with Gasteiger partial charge in [0.1, 0.15) is 0 Å². The molecule has 0 aliphatic rings. The minimum absolute atomic E-state index is 0.268. The van der Waals surface area contributed by atoms with Gasteiger partial charge in [0.05, 0.1) is 18.0 Å². The lowest BCUT2D eigenvalue weighted by atomic mass is 10.2. The van der Waals surface area contributed by atoms with E-state index in [2.05, 4.69) is 20.6 Å². The molecule has 0 aliphatic heterocycles. The van der Waals surface area contributed by atoms with Gasteiger partial charge < -0.3 is 10.1 Å². The molecule has 0 aliphatic carbocycles. The maximum atomic E-state index is 12.5. The normalized spacial score (nSPS) is 10.6. The van der Waals surface area contributed by atoms with Crippen LogP contribution in [0.25, 0.3) is 5.69 Å². The van der Waals surface area contributed by atoms with Gasteiger partial charge in [-0.05, 0) is 43.7 Å². The molecule has 2 aromatic heterocycles. The van der Waals surface area contributed by atoms with E-state index < -0.39 is 0 Å². The van der Waals surface area contributed by atoms with Crippen LogP contribution in [0.5, 0.6) is 5.88 Å². The first-order valence-electron chi connectivity index (χ1n) is 8.12. The van der Waals surface area contributed by atoms with Gasteiger partial charge >= 0.3 is 0 Å². The number of ether oxygens (including phenoxy) is 1. The van der Waals surface area contributed by atoms with E-state index in [1.54, 1.807) is 36.0 Å². The monoisotopic (exact) mass is 371 g/mol. The third-order valence-corrected chi connectivity index (χ3v) is 3.94. The van der Waals surface area contributed by atoms with Crippen molar-refractivity contribution in [1.82, 2.24) is 25.3 Å². The lowest BCUT2D eigenvalue weighted by Gasteiger charge is -2.07. The fourth-order valence-corrected chi connectivity index (χ4v) is 2.63. The van der Waals surface area contributed by atoms with Crippen LogP contribution in [0.15, 0.2) is 42.6 Å². The molecule has 8 heteroatoms. The molecule has 1 amide bonds. The molecule has 134 valence electrons. The molecule has 3 rings (SSSR count). The molecule has 26 heavy (non-hydrogen) atoms. The number of nitrogens with zero attached hydrogens (tertiary/aromatic N) is 4. The third kappa shape index (κ3) is 4.00. The Bertz CT molecular complexity index is 925. The highest BCUT2D eigenvalue weighted by Gasteiger charge is 2.17. The molecule has 7 nitrogen and oxygen atoms in total. The number of halogens is 1. The highest BCUT2D eigenvalue weighted by Crippen LogP contribution is 2.17. The van der Waals surface area contributed by atoms with Crippen molar-refractivity contribution < 1.29 is 9.53 Å². The van der Waals surface area contributed by atoms with E-state index in [-0.39, 0.29) is 11.6 Å². The zero-order valence-electron chi connectivity index (χ0n) is 14.4. The summed E-state index contributed by atoms with van der Waals surface area (Å²) in [6, 6.07) is 10.8. The Morgan fingerprint density at radius 1 is 1.31 bits per heavy atom. The largest absolute Gasteiger partial charge is 0.478 e. The molecule has 0 bridgehead atoms. The van der Waals surface area contributed by atoms with Gasteiger partial charge in [0, 0.05) is 23.8 Å². The number of hydrogen-bond donors (Lipinski definition) is 1. The van der Waals surface area contributed by atoms with Crippen molar-refractivity contribution in [3.8, 4) is 11.6 Å². The first-order chi connectivity index (χ1) is 12.6. The van der Waals surface area contributed by atoms with Gasteiger partial charge in [-0.1, -0.05) is 22.9 Å². The van der Waals surface area contributed by atoms with E-state index in [0.717, 1.165) is 11.3 Å². The van der Waals surface area contributed by atoms with E-state index in [4.69, 9.17) is 16.3 Å². The standard InChI is InChI=1S/C18H18ClN5O2/c1-3-26-16-9-13(7-8-20-16)11-21-18(25)17-12(2)24(23-22-17)15-6-4-5-14(19)10-15/h4-10H,3,11H2,1-2H3,(H,21,25). The van der Waals surface area contributed by atoms with Crippen molar-refractivity contribution in [1.29, 1.82) is 0 Å². The summed E-state index contributed by atoms with van der Waals surface area (Å²) in [7, 11) is 0. The third-order valence-electron chi connectivity index (χ3n) is 3.71. The molecule has 0 atom stereocenters. The molecule has 0 fully saturated rings. The lowest BCUT2D eigenvalue weighted by Crippen LogP contribution is -2.24. The molecule has 1 aromatic carbocycles. The van der Waals surface area contributed by atoms with Crippen LogP contribution in [0, 0.1) is 6.92 Å². The van der Waals surface area contributed by atoms with Gasteiger partial charge in [0.15, 0.2) is 5.69 Å². The zero-order chi connectivity index (χ0) is 18.5. The molecule has 2 heterocycles. The number of pyridine rings is 1. The van der Waals surface area contributed by atoms with Crippen LogP contribution >= 0.6 is 11.6 Å². The minimum Gasteiger partial charge on any atom is -0.478 e. The summed E-state index contributed by atoms with van der Waals surface area (Å²) in [6.45, 7) is 4.55. The summed E-state index contributed by atoms with van der Waals surface area (Å²) >= 11 is 6.01. The SMILES string of the molecule is CCOc1cc(CNC(=O)c2nnn(-c3cccc(Cl)c3)c2C)ccn1. The Labute approximate surface area is 156 Å². The quantitative estimate of drug-likeness (QED) is 0.720. The molecule has 0 radical (unpaired) electrons. The second kappa shape index (κ2) is 7.97. The van der Waals surface area contributed by atoms with Crippen molar-refractivity contribution in [3.63, 3.8) is 0 Å². The highest BCUT2D eigenvalue weighted by molar-refractivity contribution is 6.30. The van der Waals surface area contributed by atoms with E-state index in [9.17, 15) is 4.79 Å². The van der Waals surface area contributed by atoms with Gasteiger partial charge in [-0.25, -0.2) is 9.67 Å². The van der Waals surface area contributed by atoms with Gasteiger partial charge in [-0.15, -0.1) is 5.10 Å². The summed E-state index contributed by atoms with van der Waals surface area (Å²) in [5.74, 6) is 0.230. The van der Waals surface area contributed by atoms with Gasteiger partial charge in [-0.2, -0.15) is 0 Å². The topological polar surface area (TPSA) is 81.9 Å². The van der Waals surface area contributed by atoms with Crippen LogP contribution in [0.2, 0.25) is 5.02 Å². The average Bonchev–Trinajstić information content (AvgIpc) is 3.02. The van der Waals surface area contributed by atoms with Crippen LogP contribution < -0.4 is 10.1 Å². The maximum Gasteiger partial charge on any atom is 0.274 e. The van der Waals surface area contributed by atoms with Crippen LogP contribution in [0.3, 0.4) is 0 Å².